The van der Waals surface area contributed by atoms with Gasteiger partial charge < -0.3 is 19.5 Å². The number of unbranched alkanes of at least 4 members (excludes halogenated alkanes) is 2. The molecule has 7 heteroatoms. The molecule has 1 saturated heterocycles. The van der Waals surface area contributed by atoms with Crippen molar-refractivity contribution in [1.29, 1.82) is 0 Å². The van der Waals surface area contributed by atoms with Crippen LogP contribution in [0.1, 0.15) is 47.1 Å². The summed E-state index contributed by atoms with van der Waals surface area (Å²) in [6.45, 7) is 5.06. The molecule has 27 heavy (non-hydrogen) atoms. The summed E-state index contributed by atoms with van der Waals surface area (Å²) < 4.78 is 5.16. The zero-order valence-corrected chi connectivity index (χ0v) is 15.7. The molecular formula is C20H26N4O3. The van der Waals surface area contributed by atoms with E-state index < -0.39 is 0 Å². The molecule has 1 aliphatic rings. The minimum Gasteiger partial charge on any atom is -0.459 e. The van der Waals surface area contributed by atoms with E-state index in [0.29, 0.717) is 37.5 Å². The van der Waals surface area contributed by atoms with Gasteiger partial charge >= 0.3 is 0 Å². The van der Waals surface area contributed by atoms with E-state index in [4.69, 9.17) is 4.42 Å². The first-order chi connectivity index (χ1) is 13.2. The molecule has 0 spiro atoms. The van der Waals surface area contributed by atoms with Crippen LogP contribution in [0.2, 0.25) is 0 Å². The van der Waals surface area contributed by atoms with Gasteiger partial charge in [0, 0.05) is 38.9 Å². The number of carbonyl (C=O) groups excluding carboxylic acids is 2. The molecule has 0 atom stereocenters. The quantitative estimate of drug-likeness (QED) is 0.758. The van der Waals surface area contributed by atoms with E-state index in [1.54, 1.807) is 34.2 Å². The highest BCUT2D eigenvalue weighted by molar-refractivity contribution is 5.95. The molecular weight excluding hydrogens is 344 g/mol. The molecule has 0 radical (unpaired) electrons. The average molecular weight is 370 g/mol. The lowest BCUT2D eigenvalue weighted by Gasteiger charge is -2.34. The number of nitrogens with one attached hydrogen (secondary N) is 1. The standard InChI is InChI=1S/C20H26N4O3/c1-2-3-4-9-21-18-8-7-16(15-22-18)19(25)23-10-12-24(13-11-23)20(26)17-6-5-14-27-17/h5-8,14-15H,2-4,9-13H2,1H3,(H,21,22). The minimum atomic E-state index is -0.132. The van der Waals surface area contributed by atoms with Crippen molar-refractivity contribution < 1.29 is 14.0 Å². The first kappa shape index (κ1) is 18.9. The maximum atomic E-state index is 12.7. The van der Waals surface area contributed by atoms with E-state index in [0.717, 1.165) is 18.8 Å². The Bertz CT molecular complexity index is 735. The number of rotatable bonds is 7. The number of furan rings is 1. The molecule has 0 aromatic carbocycles. The predicted octanol–water partition coefficient (Wildman–Crippen LogP) is 2.87. The Morgan fingerprint density at radius 1 is 1.07 bits per heavy atom. The van der Waals surface area contributed by atoms with E-state index in [9.17, 15) is 9.59 Å². The second-order valence-corrected chi connectivity index (χ2v) is 6.63. The highest BCUT2D eigenvalue weighted by Gasteiger charge is 2.26. The first-order valence-electron chi connectivity index (χ1n) is 9.51. The summed E-state index contributed by atoms with van der Waals surface area (Å²) >= 11 is 0. The van der Waals surface area contributed by atoms with Crippen molar-refractivity contribution in [3.63, 3.8) is 0 Å². The number of hydrogen-bond donors (Lipinski definition) is 1. The molecule has 3 rings (SSSR count). The summed E-state index contributed by atoms with van der Waals surface area (Å²) in [6.07, 6.45) is 6.59. The Hall–Kier alpha value is -2.83. The van der Waals surface area contributed by atoms with Gasteiger partial charge in [0.05, 0.1) is 11.8 Å². The van der Waals surface area contributed by atoms with Crippen LogP contribution in [0.25, 0.3) is 0 Å². The summed E-state index contributed by atoms with van der Waals surface area (Å²) in [5, 5.41) is 3.27. The summed E-state index contributed by atoms with van der Waals surface area (Å²) in [7, 11) is 0. The van der Waals surface area contributed by atoms with Gasteiger partial charge in [-0.05, 0) is 30.7 Å². The van der Waals surface area contributed by atoms with E-state index in [1.165, 1.54) is 19.1 Å². The summed E-state index contributed by atoms with van der Waals surface area (Å²) in [6, 6.07) is 7.00. The van der Waals surface area contributed by atoms with Crippen LogP contribution in [0, 0.1) is 0 Å². The Morgan fingerprint density at radius 3 is 2.41 bits per heavy atom. The molecule has 0 aliphatic carbocycles. The van der Waals surface area contributed by atoms with Crippen LogP contribution in [0.5, 0.6) is 0 Å². The van der Waals surface area contributed by atoms with Crippen LogP contribution in [0.4, 0.5) is 5.82 Å². The third-order valence-electron chi connectivity index (χ3n) is 4.68. The number of anilines is 1. The molecule has 7 nitrogen and oxygen atoms in total. The fourth-order valence-corrected chi connectivity index (χ4v) is 3.07. The molecule has 0 unspecified atom stereocenters. The van der Waals surface area contributed by atoms with Crippen LogP contribution in [-0.2, 0) is 0 Å². The smallest absolute Gasteiger partial charge is 0.289 e. The van der Waals surface area contributed by atoms with Gasteiger partial charge in [-0.25, -0.2) is 4.98 Å². The van der Waals surface area contributed by atoms with Crippen LogP contribution in [-0.4, -0.2) is 59.3 Å². The molecule has 1 N–H and O–H groups in total. The molecule has 1 aliphatic heterocycles. The number of nitrogens with zero attached hydrogens (tertiary/aromatic N) is 3. The summed E-state index contributed by atoms with van der Waals surface area (Å²) in [5.41, 5.74) is 0.569. The zero-order chi connectivity index (χ0) is 19.1. The number of pyridine rings is 1. The van der Waals surface area contributed by atoms with Crippen molar-refractivity contribution in [2.45, 2.75) is 26.2 Å². The Balaban J connectivity index is 1.49. The van der Waals surface area contributed by atoms with Crippen molar-refractivity contribution in [2.24, 2.45) is 0 Å². The third-order valence-corrected chi connectivity index (χ3v) is 4.68. The Labute approximate surface area is 159 Å². The largest absolute Gasteiger partial charge is 0.459 e. The molecule has 0 saturated carbocycles. The van der Waals surface area contributed by atoms with E-state index >= 15 is 0 Å². The maximum absolute atomic E-state index is 12.7. The second kappa shape index (κ2) is 9.21. The molecule has 2 amide bonds. The number of hydrogen-bond acceptors (Lipinski definition) is 5. The van der Waals surface area contributed by atoms with Crippen LogP contribution >= 0.6 is 0 Å². The minimum absolute atomic E-state index is 0.0508. The molecule has 3 heterocycles. The van der Waals surface area contributed by atoms with Crippen LogP contribution in [0.15, 0.2) is 41.1 Å². The lowest BCUT2D eigenvalue weighted by molar-refractivity contribution is 0.0518. The lowest BCUT2D eigenvalue weighted by Crippen LogP contribution is -2.50. The maximum Gasteiger partial charge on any atom is 0.289 e. The number of carbonyl (C=O) groups is 2. The van der Waals surface area contributed by atoms with Crippen molar-refractivity contribution in [2.75, 3.05) is 38.0 Å². The highest BCUT2D eigenvalue weighted by Crippen LogP contribution is 2.13. The first-order valence-corrected chi connectivity index (χ1v) is 9.51. The molecule has 144 valence electrons. The van der Waals surface area contributed by atoms with Gasteiger partial charge in [-0.3, -0.25) is 9.59 Å². The third kappa shape index (κ3) is 4.87. The van der Waals surface area contributed by atoms with E-state index in [2.05, 4.69) is 17.2 Å². The highest BCUT2D eigenvalue weighted by atomic mass is 16.3. The zero-order valence-electron chi connectivity index (χ0n) is 15.7. The predicted molar refractivity (Wildman–Crippen MR) is 103 cm³/mol. The fraction of sp³-hybridized carbons (Fsp3) is 0.450. The summed E-state index contributed by atoms with van der Waals surface area (Å²) in [4.78, 5) is 32.8. The van der Waals surface area contributed by atoms with Gasteiger partial charge in [0.25, 0.3) is 11.8 Å². The van der Waals surface area contributed by atoms with Crippen LogP contribution in [0.3, 0.4) is 0 Å². The van der Waals surface area contributed by atoms with Crippen molar-refractivity contribution in [1.82, 2.24) is 14.8 Å². The number of amides is 2. The Morgan fingerprint density at radius 2 is 1.81 bits per heavy atom. The van der Waals surface area contributed by atoms with E-state index in [1.807, 2.05) is 6.07 Å². The van der Waals surface area contributed by atoms with Crippen molar-refractivity contribution >= 4 is 17.6 Å². The second-order valence-electron chi connectivity index (χ2n) is 6.63. The SMILES string of the molecule is CCCCCNc1ccc(C(=O)N2CCN(C(=O)c3ccco3)CC2)cn1. The monoisotopic (exact) mass is 370 g/mol. The van der Waals surface area contributed by atoms with Gasteiger partial charge in [0.1, 0.15) is 5.82 Å². The van der Waals surface area contributed by atoms with Gasteiger partial charge in [0.15, 0.2) is 5.76 Å². The average Bonchev–Trinajstić information content (AvgIpc) is 3.26. The van der Waals surface area contributed by atoms with Gasteiger partial charge in [-0.2, -0.15) is 0 Å². The normalized spacial score (nSPS) is 14.3. The number of aromatic nitrogens is 1. The molecule has 2 aromatic rings. The van der Waals surface area contributed by atoms with Gasteiger partial charge in [-0.15, -0.1) is 0 Å². The molecule has 1 fully saturated rings. The summed E-state index contributed by atoms with van der Waals surface area (Å²) in [5.74, 6) is 0.940. The molecule has 0 bridgehead atoms. The Kier molecular flexibility index (Phi) is 6.46. The van der Waals surface area contributed by atoms with Gasteiger partial charge in [0.2, 0.25) is 0 Å². The number of piperazine rings is 1. The van der Waals surface area contributed by atoms with E-state index in [-0.39, 0.29) is 11.8 Å². The van der Waals surface area contributed by atoms with Crippen molar-refractivity contribution in [3.8, 4) is 0 Å². The lowest BCUT2D eigenvalue weighted by atomic mass is 10.2. The fourth-order valence-electron chi connectivity index (χ4n) is 3.07. The van der Waals surface area contributed by atoms with Gasteiger partial charge in [-0.1, -0.05) is 19.8 Å². The van der Waals surface area contributed by atoms with Crippen molar-refractivity contribution in [3.05, 3.63) is 48.0 Å². The molecule has 2 aromatic heterocycles. The topological polar surface area (TPSA) is 78.7 Å². The van der Waals surface area contributed by atoms with Crippen LogP contribution < -0.4 is 5.32 Å².